The molecule has 0 aliphatic heterocycles. The first-order valence-corrected chi connectivity index (χ1v) is 22.4. The minimum absolute atomic E-state index is 0.126. The Morgan fingerprint density at radius 1 is 0.683 bits per heavy atom. The highest BCUT2D eigenvalue weighted by Gasteiger charge is 2.34. The van der Waals surface area contributed by atoms with Crippen LogP contribution >= 0.6 is 0 Å². The van der Waals surface area contributed by atoms with Crippen LogP contribution in [0.1, 0.15) is 156 Å². The molecule has 0 unspecified atom stereocenters. The van der Waals surface area contributed by atoms with Gasteiger partial charge in [-0.05, 0) is 51.0 Å². The summed E-state index contributed by atoms with van der Waals surface area (Å²) in [5, 5.41) is 28.4. The van der Waals surface area contributed by atoms with Gasteiger partial charge in [0.25, 0.3) is 0 Å². The number of aliphatic hydroxyl groups is 2. The average Bonchev–Trinajstić information content (AvgIpc) is 3.20. The molecule has 0 aliphatic rings. The second-order valence-corrected chi connectivity index (χ2v) is 16.7. The van der Waals surface area contributed by atoms with Gasteiger partial charge in [-0.2, -0.15) is 0 Å². The Morgan fingerprint density at radius 2 is 1.23 bits per heavy atom. The van der Waals surface area contributed by atoms with Gasteiger partial charge in [-0.25, -0.2) is 0 Å². The molecule has 14 nitrogen and oxygen atoms in total. The van der Waals surface area contributed by atoms with Gasteiger partial charge in [0, 0.05) is 37.6 Å². The minimum atomic E-state index is -1.29. The second kappa shape index (κ2) is 31.7. The number of guanidine groups is 1. The van der Waals surface area contributed by atoms with E-state index in [0.717, 1.165) is 24.8 Å². The van der Waals surface area contributed by atoms with Crippen molar-refractivity contribution in [3.05, 3.63) is 35.9 Å². The summed E-state index contributed by atoms with van der Waals surface area (Å²) >= 11 is 0. The molecule has 9 N–H and O–H groups in total. The van der Waals surface area contributed by atoms with Crippen molar-refractivity contribution < 1.29 is 39.0 Å². The fraction of sp³-hybridized carbons (Fsp3) is 0.717. The van der Waals surface area contributed by atoms with E-state index in [0.29, 0.717) is 12.8 Å². The van der Waals surface area contributed by atoms with Gasteiger partial charge in [0.1, 0.15) is 11.8 Å². The van der Waals surface area contributed by atoms with Gasteiger partial charge in [0.2, 0.25) is 17.7 Å². The van der Waals surface area contributed by atoms with Crippen molar-refractivity contribution >= 4 is 41.0 Å². The van der Waals surface area contributed by atoms with Crippen molar-refractivity contribution in [2.75, 3.05) is 13.2 Å². The first-order valence-electron chi connectivity index (χ1n) is 22.4. The normalized spacial score (nSPS) is 14.3. The summed E-state index contributed by atoms with van der Waals surface area (Å²) in [6, 6.07) is 5.67. The molecule has 0 radical (unpaired) electrons. The molecule has 60 heavy (non-hydrogen) atoms. The zero-order chi connectivity index (χ0) is 44.9. The first kappa shape index (κ1) is 53.8. The number of carbonyl (C=O) groups is 6. The van der Waals surface area contributed by atoms with Crippen molar-refractivity contribution in [1.82, 2.24) is 16.0 Å². The van der Waals surface area contributed by atoms with Crippen molar-refractivity contribution in [3.8, 4) is 0 Å². The van der Waals surface area contributed by atoms with Gasteiger partial charge in [0.05, 0.1) is 24.8 Å². The lowest BCUT2D eigenvalue weighted by Crippen LogP contribution is -2.57. The van der Waals surface area contributed by atoms with E-state index >= 15 is 0 Å². The van der Waals surface area contributed by atoms with Crippen LogP contribution in [0, 0.1) is 17.8 Å². The molecular formula is C46H78N6O8. The highest BCUT2D eigenvalue weighted by Crippen LogP contribution is 2.19. The van der Waals surface area contributed by atoms with Gasteiger partial charge in [0.15, 0.2) is 17.5 Å². The highest BCUT2D eigenvalue weighted by atomic mass is 16.3. The summed E-state index contributed by atoms with van der Waals surface area (Å²) in [5.41, 5.74) is 11.7. The molecule has 0 fully saturated rings. The van der Waals surface area contributed by atoms with Crippen LogP contribution in [0.15, 0.2) is 35.3 Å². The maximum absolute atomic E-state index is 14.0. The monoisotopic (exact) mass is 843 g/mol. The summed E-state index contributed by atoms with van der Waals surface area (Å²) in [7, 11) is 0. The van der Waals surface area contributed by atoms with Crippen LogP contribution in [-0.4, -0.2) is 88.6 Å². The molecule has 1 rings (SSSR count). The quantitative estimate of drug-likeness (QED) is 0.0274. The molecule has 340 valence electrons. The van der Waals surface area contributed by atoms with Crippen LogP contribution in [0.2, 0.25) is 0 Å². The Bertz CT molecular complexity index is 1450. The van der Waals surface area contributed by atoms with Crippen LogP contribution in [-0.2, 0) is 35.2 Å². The van der Waals surface area contributed by atoms with Crippen molar-refractivity contribution in [2.24, 2.45) is 34.2 Å². The summed E-state index contributed by atoms with van der Waals surface area (Å²) in [4.78, 5) is 83.9. The van der Waals surface area contributed by atoms with Crippen molar-refractivity contribution in [3.63, 3.8) is 0 Å². The molecule has 14 heteroatoms. The van der Waals surface area contributed by atoms with Crippen molar-refractivity contribution in [2.45, 2.75) is 181 Å². The van der Waals surface area contributed by atoms with Crippen LogP contribution in [0.5, 0.6) is 0 Å². The van der Waals surface area contributed by atoms with E-state index in [9.17, 15) is 39.0 Å². The molecule has 6 atom stereocenters. The van der Waals surface area contributed by atoms with Gasteiger partial charge in [-0.3, -0.25) is 33.8 Å². The van der Waals surface area contributed by atoms with Gasteiger partial charge in [-0.15, -0.1) is 0 Å². The SMILES string of the molecule is CCCCCCCCCCCCCCCC(=O)N[C@H](C(=O)N[C@H](C(=O)C[C@@H](Cc1ccccc1)C(=O)N[C@@H](CCCN=C(N)N)C(=O)C[C@H](CO)C(C)=O)C(C)C)[C@@H](C)O. The van der Waals surface area contributed by atoms with Gasteiger partial charge in [-0.1, -0.05) is 128 Å². The van der Waals surface area contributed by atoms with E-state index in [1.807, 2.05) is 18.2 Å². The zero-order valence-corrected chi connectivity index (χ0v) is 37.2. The van der Waals surface area contributed by atoms with Crippen molar-refractivity contribution in [1.29, 1.82) is 0 Å². The number of rotatable bonds is 35. The van der Waals surface area contributed by atoms with Gasteiger partial charge >= 0.3 is 0 Å². The van der Waals surface area contributed by atoms with Crippen LogP contribution in [0.25, 0.3) is 0 Å². The molecule has 0 saturated heterocycles. The minimum Gasteiger partial charge on any atom is -0.396 e. The number of Topliss-reactive ketones (excluding diaryl/α,β-unsaturated/α-hetero) is 3. The topological polar surface area (TPSA) is 243 Å². The Hall–Kier alpha value is -4.17. The number of nitrogens with one attached hydrogen (secondary N) is 3. The molecule has 0 heterocycles. The number of ketones is 3. The van der Waals surface area contributed by atoms with Gasteiger partial charge < -0.3 is 37.6 Å². The van der Waals surface area contributed by atoms with E-state index in [2.05, 4.69) is 27.9 Å². The smallest absolute Gasteiger partial charge is 0.245 e. The number of nitrogens with zero attached hydrogens (tertiary/aromatic N) is 1. The molecular weight excluding hydrogens is 765 g/mol. The maximum Gasteiger partial charge on any atom is 0.245 e. The predicted octanol–water partition coefficient (Wildman–Crippen LogP) is 4.99. The largest absolute Gasteiger partial charge is 0.396 e. The number of aliphatic imine (C=N–C) groups is 1. The average molecular weight is 843 g/mol. The van der Waals surface area contributed by atoms with E-state index < -0.39 is 72.0 Å². The molecule has 3 amide bonds. The molecule has 1 aromatic rings. The molecule has 1 aromatic carbocycles. The first-order chi connectivity index (χ1) is 28.6. The Kier molecular flexibility index (Phi) is 28.4. The van der Waals surface area contributed by atoms with E-state index in [1.54, 1.807) is 26.0 Å². The number of amides is 3. The summed E-state index contributed by atoms with van der Waals surface area (Å²) in [5.74, 6) is -5.34. The number of hydrogen-bond acceptors (Lipinski definition) is 9. The van der Waals surface area contributed by atoms with Crippen LogP contribution in [0.3, 0.4) is 0 Å². The predicted molar refractivity (Wildman–Crippen MR) is 237 cm³/mol. The molecule has 0 spiro atoms. The molecule has 0 saturated carbocycles. The molecule has 0 bridgehead atoms. The number of nitrogens with two attached hydrogens (primary N) is 2. The highest BCUT2D eigenvalue weighted by molar-refractivity contribution is 5.96. The Balaban J connectivity index is 2.97. The summed E-state index contributed by atoms with van der Waals surface area (Å²) < 4.78 is 0. The lowest BCUT2D eigenvalue weighted by molar-refractivity contribution is -0.136. The number of hydrogen-bond donors (Lipinski definition) is 7. The third-order valence-electron chi connectivity index (χ3n) is 10.9. The number of carbonyl (C=O) groups excluding carboxylic acids is 6. The van der Waals surface area contributed by atoms with E-state index in [4.69, 9.17) is 11.5 Å². The standard InChI is InChI=1S/C46H78N6O8/c1-6-7-8-9-10-11-12-13-14-15-16-17-21-26-41(58)51-43(34(5)55)45(60)52-42(32(2)3)40(57)29-36(28-35-23-19-18-20-24-35)44(59)50-38(25-22-27-49-46(47)48)39(56)30-37(31-53)33(4)54/h18-20,23-24,32,34,36-38,42-43,53,55H,6-17,21-22,25-31H2,1-5H3,(H,50,59)(H,51,58)(H,52,60)(H4,47,48,49)/t34-,36-,37-,38+,42+,43+/m1/s1. The number of aliphatic hydroxyl groups excluding tert-OH is 2. The Labute approximate surface area is 359 Å². The zero-order valence-electron chi connectivity index (χ0n) is 37.2. The second-order valence-electron chi connectivity index (χ2n) is 16.7. The van der Waals surface area contributed by atoms with Crippen LogP contribution in [0.4, 0.5) is 0 Å². The summed E-state index contributed by atoms with van der Waals surface area (Å²) in [6.07, 6.45) is 14.3. The maximum atomic E-state index is 14.0. The van der Waals surface area contributed by atoms with E-state index in [-0.39, 0.29) is 56.3 Å². The fourth-order valence-electron chi connectivity index (χ4n) is 7.17. The third kappa shape index (κ3) is 23.6. The number of unbranched alkanes of at least 4 members (excludes halogenated alkanes) is 12. The number of benzene rings is 1. The summed E-state index contributed by atoms with van der Waals surface area (Å²) in [6.45, 7) is 8.07. The lowest BCUT2D eigenvalue weighted by Gasteiger charge is -2.28. The Morgan fingerprint density at radius 3 is 1.73 bits per heavy atom. The molecule has 0 aromatic heterocycles. The molecule has 0 aliphatic carbocycles. The fourth-order valence-corrected chi connectivity index (χ4v) is 7.17. The third-order valence-corrected chi connectivity index (χ3v) is 10.9. The van der Waals surface area contributed by atoms with Crippen LogP contribution < -0.4 is 27.4 Å². The van der Waals surface area contributed by atoms with E-state index in [1.165, 1.54) is 71.6 Å². The lowest BCUT2D eigenvalue weighted by atomic mass is 9.87.